The average molecular weight is 414 g/mol. The predicted molar refractivity (Wildman–Crippen MR) is 117 cm³/mol. The Hall–Kier alpha value is -2.14. The molecule has 1 aromatic carbocycles. The molecule has 1 aliphatic carbocycles. The molecule has 3 rings (SSSR count). The Morgan fingerprint density at radius 3 is 2.52 bits per heavy atom. The lowest BCUT2D eigenvalue weighted by atomic mass is 10.00. The number of hydrogen-bond acceptors (Lipinski definition) is 4. The Morgan fingerprint density at radius 1 is 1.07 bits per heavy atom. The molecule has 2 aromatic rings. The maximum atomic E-state index is 12.3. The zero-order valence-corrected chi connectivity index (χ0v) is 18.4. The van der Waals surface area contributed by atoms with E-state index < -0.39 is 5.97 Å². The van der Waals surface area contributed by atoms with Gasteiger partial charge in [-0.1, -0.05) is 44.5 Å². The molecule has 29 heavy (non-hydrogen) atoms. The molecular formula is C24H31NO3S. The minimum Gasteiger partial charge on any atom is -0.451 e. The number of benzene rings is 1. The van der Waals surface area contributed by atoms with Crippen LogP contribution in [0.3, 0.4) is 0 Å². The van der Waals surface area contributed by atoms with E-state index >= 15 is 0 Å². The van der Waals surface area contributed by atoms with Crippen LogP contribution in [0.1, 0.15) is 77.3 Å². The van der Waals surface area contributed by atoms with Crippen LogP contribution in [-0.4, -0.2) is 18.5 Å². The molecule has 0 radical (unpaired) electrons. The lowest BCUT2D eigenvalue weighted by Crippen LogP contribution is -2.31. The normalized spacial score (nSPS) is 14.8. The zero-order chi connectivity index (χ0) is 20.8. The van der Waals surface area contributed by atoms with Crippen LogP contribution in [0.2, 0.25) is 0 Å². The second-order valence-corrected chi connectivity index (χ2v) is 9.46. The molecule has 1 amide bonds. The topological polar surface area (TPSA) is 55.4 Å². The van der Waals surface area contributed by atoms with Gasteiger partial charge in [-0.15, -0.1) is 11.3 Å². The predicted octanol–water partition coefficient (Wildman–Crippen LogP) is 5.25. The minimum atomic E-state index is -0.399. The summed E-state index contributed by atoms with van der Waals surface area (Å²) < 4.78 is 5.26. The number of aryl methyl sites for hydroxylation is 2. The van der Waals surface area contributed by atoms with Crippen molar-refractivity contribution >= 4 is 23.2 Å². The van der Waals surface area contributed by atoms with Crippen molar-refractivity contribution in [1.82, 2.24) is 5.32 Å². The van der Waals surface area contributed by atoms with Gasteiger partial charge in [0.15, 0.2) is 6.61 Å². The molecule has 0 aliphatic heterocycles. The van der Waals surface area contributed by atoms with Crippen molar-refractivity contribution in [2.75, 3.05) is 6.61 Å². The SMILES string of the molecule is CC(C)Cc1ccc([C@H](C)NC(=O)COC(=O)c2cc3c(s2)CCCCC3)cc1. The highest BCUT2D eigenvalue weighted by molar-refractivity contribution is 7.14. The van der Waals surface area contributed by atoms with Crippen LogP contribution in [0.4, 0.5) is 0 Å². The Kier molecular flexibility index (Phi) is 7.48. The van der Waals surface area contributed by atoms with Crippen LogP contribution in [0.15, 0.2) is 30.3 Å². The summed E-state index contributed by atoms with van der Waals surface area (Å²) in [5.41, 5.74) is 3.61. The molecular weight excluding hydrogens is 382 g/mol. The number of esters is 1. The first-order valence-corrected chi connectivity index (χ1v) is 11.4. The standard InChI is InChI=1S/C24H31NO3S/c1-16(2)13-18-9-11-19(12-10-18)17(3)25-23(26)15-28-24(27)22-14-20-7-5-4-6-8-21(20)29-22/h9-12,14,16-17H,4-8,13,15H2,1-3H3,(H,25,26)/t17-/m0/s1. The van der Waals surface area contributed by atoms with E-state index in [9.17, 15) is 9.59 Å². The fraction of sp³-hybridized carbons (Fsp3) is 0.500. The molecule has 0 fully saturated rings. The second kappa shape index (κ2) is 10.1. The molecule has 1 aliphatic rings. The van der Waals surface area contributed by atoms with E-state index in [-0.39, 0.29) is 18.6 Å². The molecule has 1 atom stereocenters. The Morgan fingerprint density at radius 2 is 1.79 bits per heavy atom. The van der Waals surface area contributed by atoms with E-state index in [1.807, 2.05) is 25.1 Å². The van der Waals surface area contributed by atoms with Gasteiger partial charge >= 0.3 is 5.97 Å². The van der Waals surface area contributed by atoms with Crippen molar-refractivity contribution in [1.29, 1.82) is 0 Å². The molecule has 0 saturated carbocycles. The van der Waals surface area contributed by atoms with Crippen molar-refractivity contribution in [3.63, 3.8) is 0 Å². The molecule has 1 N–H and O–H groups in total. The maximum absolute atomic E-state index is 12.3. The number of thiophene rings is 1. The second-order valence-electron chi connectivity index (χ2n) is 8.32. The Balaban J connectivity index is 1.48. The van der Waals surface area contributed by atoms with Gasteiger partial charge in [0.1, 0.15) is 4.88 Å². The van der Waals surface area contributed by atoms with E-state index in [1.165, 1.54) is 46.6 Å². The molecule has 0 spiro atoms. The summed E-state index contributed by atoms with van der Waals surface area (Å²) in [6, 6.07) is 10.1. The van der Waals surface area contributed by atoms with Gasteiger partial charge in [0, 0.05) is 4.88 Å². The van der Waals surface area contributed by atoms with Gasteiger partial charge in [0.25, 0.3) is 5.91 Å². The van der Waals surface area contributed by atoms with Crippen molar-refractivity contribution in [3.8, 4) is 0 Å². The fourth-order valence-corrected chi connectivity index (χ4v) is 4.90. The largest absolute Gasteiger partial charge is 0.451 e. The molecule has 0 saturated heterocycles. The first-order valence-electron chi connectivity index (χ1n) is 10.6. The first kappa shape index (κ1) is 21.6. The van der Waals surface area contributed by atoms with Gasteiger partial charge in [-0.05, 0) is 67.7 Å². The van der Waals surface area contributed by atoms with E-state index in [1.54, 1.807) is 0 Å². The first-order chi connectivity index (χ1) is 13.9. The highest BCUT2D eigenvalue weighted by Crippen LogP contribution is 2.29. The molecule has 0 bridgehead atoms. The number of amides is 1. The third kappa shape index (κ3) is 6.17. The molecule has 4 nitrogen and oxygen atoms in total. The van der Waals surface area contributed by atoms with Gasteiger partial charge < -0.3 is 10.1 Å². The Labute approximate surface area is 177 Å². The van der Waals surface area contributed by atoms with Crippen molar-refractivity contribution in [2.45, 2.75) is 65.3 Å². The lowest BCUT2D eigenvalue weighted by molar-refractivity contribution is -0.124. The van der Waals surface area contributed by atoms with Gasteiger partial charge in [0.05, 0.1) is 6.04 Å². The number of rotatable bonds is 7. The molecule has 5 heteroatoms. The van der Waals surface area contributed by atoms with Crippen LogP contribution < -0.4 is 5.32 Å². The Bertz CT molecular complexity index is 815. The average Bonchev–Trinajstić information content (AvgIpc) is 2.97. The van der Waals surface area contributed by atoms with Crippen LogP contribution in [0, 0.1) is 5.92 Å². The summed E-state index contributed by atoms with van der Waals surface area (Å²) in [4.78, 5) is 26.5. The van der Waals surface area contributed by atoms with Gasteiger partial charge in [-0.25, -0.2) is 4.79 Å². The van der Waals surface area contributed by atoms with Crippen LogP contribution >= 0.6 is 11.3 Å². The highest BCUT2D eigenvalue weighted by atomic mass is 32.1. The number of carbonyl (C=O) groups is 2. The van der Waals surface area contributed by atoms with E-state index in [0.717, 1.165) is 24.8 Å². The monoisotopic (exact) mass is 413 g/mol. The quantitative estimate of drug-likeness (QED) is 0.498. The number of fused-ring (bicyclic) bond motifs is 1. The summed E-state index contributed by atoms with van der Waals surface area (Å²) in [7, 11) is 0. The van der Waals surface area contributed by atoms with E-state index in [2.05, 4.69) is 31.3 Å². The number of carbonyl (C=O) groups excluding carboxylic acids is 2. The zero-order valence-electron chi connectivity index (χ0n) is 17.6. The van der Waals surface area contributed by atoms with Crippen molar-refractivity contribution < 1.29 is 14.3 Å². The van der Waals surface area contributed by atoms with Crippen LogP contribution in [-0.2, 0) is 28.8 Å². The number of nitrogens with one attached hydrogen (secondary N) is 1. The highest BCUT2D eigenvalue weighted by Gasteiger charge is 2.19. The summed E-state index contributed by atoms with van der Waals surface area (Å²) in [5, 5.41) is 2.91. The summed E-state index contributed by atoms with van der Waals surface area (Å²) in [5.74, 6) is -0.0647. The van der Waals surface area contributed by atoms with Gasteiger partial charge in [-0.3, -0.25) is 4.79 Å². The summed E-state index contributed by atoms with van der Waals surface area (Å²) in [6.07, 6.45) is 6.73. The number of hydrogen-bond donors (Lipinski definition) is 1. The fourth-order valence-electron chi connectivity index (χ4n) is 3.75. The van der Waals surface area contributed by atoms with Crippen LogP contribution in [0.25, 0.3) is 0 Å². The van der Waals surface area contributed by atoms with E-state index in [4.69, 9.17) is 4.74 Å². The minimum absolute atomic E-state index is 0.132. The molecule has 0 unspecified atom stereocenters. The lowest BCUT2D eigenvalue weighted by Gasteiger charge is -2.15. The third-order valence-corrected chi connectivity index (χ3v) is 6.50. The van der Waals surface area contributed by atoms with Gasteiger partial charge in [0.2, 0.25) is 0 Å². The number of ether oxygens (including phenoxy) is 1. The molecule has 1 aromatic heterocycles. The maximum Gasteiger partial charge on any atom is 0.348 e. The van der Waals surface area contributed by atoms with Gasteiger partial charge in [-0.2, -0.15) is 0 Å². The smallest absolute Gasteiger partial charge is 0.348 e. The van der Waals surface area contributed by atoms with Crippen LogP contribution in [0.5, 0.6) is 0 Å². The van der Waals surface area contributed by atoms with E-state index in [0.29, 0.717) is 10.8 Å². The van der Waals surface area contributed by atoms with Crippen molar-refractivity contribution in [2.24, 2.45) is 5.92 Å². The summed E-state index contributed by atoms with van der Waals surface area (Å²) in [6.45, 7) is 6.08. The molecule has 156 valence electrons. The molecule has 1 heterocycles. The third-order valence-electron chi connectivity index (χ3n) is 5.28. The summed E-state index contributed by atoms with van der Waals surface area (Å²) >= 11 is 1.52. The van der Waals surface area contributed by atoms with Crippen molar-refractivity contribution in [3.05, 3.63) is 56.8 Å².